The third-order valence-corrected chi connectivity index (χ3v) is 2.21. The molecule has 0 spiro atoms. The molecule has 102 valence electrons. The van der Waals surface area contributed by atoms with E-state index in [9.17, 15) is 18.0 Å². The van der Waals surface area contributed by atoms with E-state index in [4.69, 9.17) is 5.11 Å². The van der Waals surface area contributed by atoms with E-state index < -0.39 is 25.2 Å². The lowest BCUT2D eigenvalue weighted by molar-refractivity contribution is -0.154. The van der Waals surface area contributed by atoms with Gasteiger partial charge in [0.2, 0.25) is 0 Å². The van der Waals surface area contributed by atoms with Crippen LogP contribution in [0.4, 0.5) is 13.2 Å². The Morgan fingerprint density at radius 2 is 2.17 bits per heavy atom. The summed E-state index contributed by atoms with van der Waals surface area (Å²) in [6.45, 7) is -1.23. The van der Waals surface area contributed by atoms with Gasteiger partial charge in [-0.15, -0.1) is 0 Å². The van der Waals surface area contributed by atoms with Crippen LogP contribution in [0.1, 0.15) is 6.42 Å². The van der Waals surface area contributed by atoms with Gasteiger partial charge in [0.25, 0.3) is 0 Å². The summed E-state index contributed by atoms with van der Waals surface area (Å²) >= 11 is 0. The number of rotatable bonds is 7. The van der Waals surface area contributed by atoms with Crippen molar-refractivity contribution in [3.63, 3.8) is 0 Å². The van der Waals surface area contributed by atoms with Crippen LogP contribution < -0.4 is 0 Å². The number of aromatic nitrogens is 2. The Balaban J connectivity index is 2.38. The minimum absolute atomic E-state index is 0.0734. The van der Waals surface area contributed by atoms with E-state index >= 15 is 0 Å². The second-order valence-corrected chi connectivity index (χ2v) is 3.87. The summed E-state index contributed by atoms with van der Waals surface area (Å²) in [5.74, 6) is -1.26. The number of imidazole rings is 1. The van der Waals surface area contributed by atoms with Crippen molar-refractivity contribution in [2.75, 3.05) is 19.6 Å². The van der Waals surface area contributed by atoms with E-state index in [-0.39, 0.29) is 6.54 Å². The summed E-state index contributed by atoms with van der Waals surface area (Å²) in [5.41, 5.74) is 0. The van der Waals surface area contributed by atoms with E-state index in [0.29, 0.717) is 13.0 Å². The van der Waals surface area contributed by atoms with Gasteiger partial charge in [0.1, 0.15) is 0 Å². The number of carbonyl (C=O) groups is 1. The molecule has 18 heavy (non-hydrogen) atoms. The summed E-state index contributed by atoms with van der Waals surface area (Å²) in [5, 5.41) is 8.54. The molecule has 0 amide bonds. The molecule has 1 aromatic heterocycles. The predicted molar refractivity (Wildman–Crippen MR) is 57.0 cm³/mol. The molecule has 5 nitrogen and oxygen atoms in total. The van der Waals surface area contributed by atoms with E-state index in [2.05, 4.69) is 4.98 Å². The maximum absolute atomic E-state index is 12.2. The Morgan fingerprint density at radius 1 is 1.44 bits per heavy atom. The smallest absolute Gasteiger partial charge is 0.401 e. The van der Waals surface area contributed by atoms with Crippen LogP contribution in [-0.4, -0.2) is 51.3 Å². The fourth-order valence-corrected chi connectivity index (χ4v) is 1.55. The van der Waals surface area contributed by atoms with Crippen LogP contribution in [0, 0.1) is 0 Å². The third kappa shape index (κ3) is 6.24. The molecule has 1 rings (SSSR count). The quantitative estimate of drug-likeness (QED) is 0.805. The van der Waals surface area contributed by atoms with Gasteiger partial charge in [-0.1, -0.05) is 0 Å². The van der Waals surface area contributed by atoms with E-state index in [1.807, 2.05) is 0 Å². The van der Waals surface area contributed by atoms with Crippen molar-refractivity contribution in [3.8, 4) is 0 Å². The molecule has 0 aliphatic rings. The Kier molecular flexibility index (Phi) is 5.14. The van der Waals surface area contributed by atoms with Crippen LogP contribution >= 0.6 is 0 Å². The van der Waals surface area contributed by atoms with Crippen LogP contribution in [0.3, 0.4) is 0 Å². The second-order valence-electron chi connectivity index (χ2n) is 3.87. The monoisotopic (exact) mass is 265 g/mol. The van der Waals surface area contributed by atoms with Crippen LogP contribution in [0.25, 0.3) is 0 Å². The van der Waals surface area contributed by atoms with E-state index in [1.165, 1.54) is 0 Å². The highest BCUT2D eigenvalue weighted by atomic mass is 19.4. The molecule has 0 aliphatic heterocycles. The number of carboxylic acids is 1. The Labute approximate surface area is 102 Å². The van der Waals surface area contributed by atoms with Crippen molar-refractivity contribution in [3.05, 3.63) is 18.7 Å². The lowest BCUT2D eigenvalue weighted by Gasteiger charge is -2.21. The lowest BCUT2D eigenvalue weighted by Crippen LogP contribution is -2.38. The van der Waals surface area contributed by atoms with Crippen LogP contribution in [0.2, 0.25) is 0 Å². The SMILES string of the molecule is O=C(O)CN(CCCn1ccnc1)CC(F)(F)F. The highest BCUT2D eigenvalue weighted by molar-refractivity contribution is 5.69. The van der Waals surface area contributed by atoms with E-state index in [0.717, 1.165) is 4.90 Å². The van der Waals surface area contributed by atoms with Crippen molar-refractivity contribution in [2.45, 2.75) is 19.1 Å². The molecule has 0 radical (unpaired) electrons. The highest BCUT2D eigenvalue weighted by Crippen LogP contribution is 2.16. The molecule has 0 unspecified atom stereocenters. The molecule has 8 heteroatoms. The standard InChI is InChI=1S/C10H14F3N3O2/c11-10(12,13)7-16(6-9(17)18)4-1-3-15-5-2-14-8-15/h2,5,8H,1,3-4,6-7H2,(H,17,18). The number of aliphatic carboxylic acids is 1. The molecular formula is C10H14F3N3O2. The molecule has 0 aromatic carbocycles. The molecular weight excluding hydrogens is 251 g/mol. The third-order valence-electron chi connectivity index (χ3n) is 2.21. The first-order chi connectivity index (χ1) is 8.37. The van der Waals surface area contributed by atoms with Crippen molar-refractivity contribution >= 4 is 5.97 Å². The molecule has 0 atom stereocenters. The van der Waals surface area contributed by atoms with Crippen molar-refractivity contribution in [1.29, 1.82) is 0 Å². The fourth-order valence-electron chi connectivity index (χ4n) is 1.55. The molecule has 0 aliphatic carbocycles. The summed E-state index contributed by atoms with van der Waals surface area (Å²) in [4.78, 5) is 15.1. The normalized spacial score (nSPS) is 12.0. The molecule has 0 saturated carbocycles. The zero-order valence-corrected chi connectivity index (χ0v) is 9.60. The summed E-state index contributed by atoms with van der Waals surface area (Å²) < 4.78 is 38.3. The van der Waals surface area contributed by atoms with Gasteiger partial charge in [-0.3, -0.25) is 9.69 Å². The van der Waals surface area contributed by atoms with Gasteiger partial charge >= 0.3 is 12.1 Å². The zero-order chi connectivity index (χ0) is 13.6. The second kappa shape index (κ2) is 6.39. The van der Waals surface area contributed by atoms with Gasteiger partial charge in [0, 0.05) is 25.5 Å². The molecule has 0 bridgehead atoms. The van der Waals surface area contributed by atoms with Gasteiger partial charge in [0.15, 0.2) is 0 Å². The topological polar surface area (TPSA) is 58.4 Å². The number of hydrogen-bond donors (Lipinski definition) is 1. The fraction of sp³-hybridized carbons (Fsp3) is 0.600. The van der Waals surface area contributed by atoms with Gasteiger partial charge in [-0.05, 0) is 6.42 Å². The van der Waals surface area contributed by atoms with Crippen molar-refractivity contribution < 1.29 is 23.1 Å². The molecule has 0 saturated heterocycles. The van der Waals surface area contributed by atoms with Crippen LogP contribution in [0.15, 0.2) is 18.7 Å². The van der Waals surface area contributed by atoms with Gasteiger partial charge < -0.3 is 9.67 Å². The van der Waals surface area contributed by atoms with Crippen molar-refractivity contribution in [1.82, 2.24) is 14.5 Å². The summed E-state index contributed by atoms with van der Waals surface area (Å²) in [6.07, 6.45) is 0.880. The Hall–Kier alpha value is -1.57. The number of nitrogens with zero attached hydrogens (tertiary/aromatic N) is 3. The summed E-state index contributed by atoms with van der Waals surface area (Å²) in [6, 6.07) is 0. The molecule has 1 N–H and O–H groups in total. The Bertz CT molecular complexity index is 365. The number of hydrogen-bond acceptors (Lipinski definition) is 3. The predicted octanol–water partition coefficient (Wildman–Crippen LogP) is 1.22. The maximum atomic E-state index is 12.2. The van der Waals surface area contributed by atoms with E-state index in [1.54, 1.807) is 23.3 Å². The molecule has 1 aromatic rings. The Morgan fingerprint density at radius 3 is 2.67 bits per heavy atom. The largest absolute Gasteiger partial charge is 0.480 e. The average Bonchev–Trinajstić information content (AvgIpc) is 2.66. The molecule has 0 fully saturated rings. The molecule has 1 heterocycles. The zero-order valence-electron chi connectivity index (χ0n) is 9.60. The van der Waals surface area contributed by atoms with Gasteiger partial charge in [-0.2, -0.15) is 13.2 Å². The maximum Gasteiger partial charge on any atom is 0.401 e. The van der Waals surface area contributed by atoms with Crippen LogP contribution in [-0.2, 0) is 11.3 Å². The average molecular weight is 265 g/mol. The first-order valence-electron chi connectivity index (χ1n) is 5.33. The van der Waals surface area contributed by atoms with Gasteiger partial charge in [-0.25, -0.2) is 4.98 Å². The lowest BCUT2D eigenvalue weighted by atomic mass is 10.3. The first kappa shape index (κ1) is 14.5. The van der Waals surface area contributed by atoms with Crippen molar-refractivity contribution in [2.24, 2.45) is 0 Å². The van der Waals surface area contributed by atoms with Gasteiger partial charge in [0.05, 0.1) is 19.4 Å². The highest BCUT2D eigenvalue weighted by Gasteiger charge is 2.31. The number of carboxylic acid groups (broad SMARTS) is 1. The minimum Gasteiger partial charge on any atom is -0.480 e. The number of alkyl halides is 3. The minimum atomic E-state index is -4.38. The first-order valence-corrected chi connectivity index (χ1v) is 5.33. The summed E-state index contributed by atoms with van der Waals surface area (Å²) in [7, 11) is 0. The van der Waals surface area contributed by atoms with Crippen LogP contribution in [0.5, 0.6) is 0 Å². The number of halogens is 3. The number of aryl methyl sites for hydroxylation is 1.